The number of carboxylic acids is 1. The first kappa shape index (κ1) is 16.2. The Hall–Kier alpha value is -2.70. The number of nitrogens with zero attached hydrogens (tertiary/aromatic N) is 2. The van der Waals surface area contributed by atoms with Gasteiger partial charge in [0.2, 0.25) is 5.91 Å². The number of carbonyl (C=O) groups is 2. The minimum atomic E-state index is -0.936. The molecule has 2 aromatic rings. The minimum absolute atomic E-state index is 0.121. The zero-order chi connectivity index (χ0) is 17.4. The third-order valence-corrected chi connectivity index (χ3v) is 4.31. The third-order valence-electron chi connectivity index (χ3n) is 4.31. The molecule has 126 valence electrons. The van der Waals surface area contributed by atoms with Gasteiger partial charge in [-0.3, -0.25) is 14.4 Å². The van der Waals surface area contributed by atoms with Crippen molar-refractivity contribution in [3.8, 4) is 0 Å². The highest BCUT2D eigenvalue weighted by Gasteiger charge is 2.50. The lowest BCUT2D eigenvalue weighted by Crippen LogP contribution is -2.39. The third kappa shape index (κ3) is 3.02. The molecule has 1 amide bonds. The number of carboxylic acid groups (broad SMARTS) is 1. The molecule has 1 aromatic carbocycles. The average Bonchev–Trinajstić information content (AvgIpc) is 3.32. The second-order valence-corrected chi connectivity index (χ2v) is 6.38. The summed E-state index contributed by atoms with van der Waals surface area (Å²) in [5.74, 6) is -1.81. The predicted molar refractivity (Wildman–Crippen MR) is 87.3 cm³/mol. The number of rotatable bonds is 5. The number of fused-ring (bicyclic) bond motifs is 1. The Morgan fingerprint density at radius 1 is 1.33 bits per heavy atom. The minimum Gasteiger partial charge on any atom is -0.481 e. The van der Waals surface area contributed by atoms with Crippen molar-refractivity contribution in [1.82, 2.24) is 14.9 Å². The molecule has 2 atom stereocenters. The molecule has 7 nitrogen and oxygen atoms in total. The lowest BCUT2D eigenvalue weighted by atomic mass is 10.2. The fourth-order valence-corrected chi connectivity index (χ4v) is 2.84. The molecular weight excluding hydrogens is 310 g/mol. The highest BCUT2D eigenvalue weighted by atomic mass is 16.4. The predicted octanol–water partition coefficient (Wildman–Crippen LogP) is 1.38. The Morgan fingerprint density at radius 3 is 2.67 bits per heavy atom. The lowest BCUT2D eigenvalue weighted by Gasteiger charge is -2.26. The van der Waals surface area contributed by atoms with Crippen molar-refractivity contribution < 1.29 is 14.7 Å². The van der Waals surface area contributed by atoms with Crippen LogP contribution in [-0.2, 0) is 16.1 Å². The first-order valence-electron chi connectivity index (χ1n) is 7.89. The number of para-hydroxylation sites is 1. The van der Waals surface area contributed by atoms with E-state index in [2.05, 4.69) is 9.97 Å². The van der Waals surface area contributed by atoms with E-state index in [1.54, 1.807) is 29.2 Å². The molecule has 1 fully saturated rings. The highest BCUT2D eigenvalue weighted by molar-refractivity contribution is 5.89. The van der Waals surface area contributed by atoms with Crippen LogP contribution in [0, 0.1) is 11.8 Å². The van der Waals surface area contributed by atoms with Gasteiger partial charge >= 0.3 is 5.97 Å². The van der Waals surface area contributed by atoms with Crippen LogP contribution in [-0.4, -0.2) is 37.9 Å². The smallest absolute Gasteiger partial charge is 0.307 e. The van der Waals surface area contributed by atoms with E-state index in [0.717, 1.165) is 0 Å². The molecule has 0 radical (unpaired) electrons. The summed E-state index contributed by atoms with van der Waals surface area (Å²) in [6.07, 6.45) is 0.374. The van der Waals surface area contributed by atoms with Crippen molar-refractivity contribution in [2.24, 2.45) is 11.8 Å². The highest BCUT2D eigenvalue weighted by Crippen LogP contribution is 2.40. The van der Waals surface area contributed by atoms with Crippen LogP contribution in [0.5, 0.6) is 0 Å². The zero-order valence-corrected chi connectivity index (χ0v) is 13.5. The van der Waals surface area contributed by atoms with E-state index < -0.39 is 17.8 Å². The number of aliphatic carboxylic acids is 1. The SMILES string of the molecule is CC(C)N(Cc1nc2ccccc2c(=O)[nH]1)C(=O)[C@@H]1C[C@@H]1C(=O)O. The number of nitrogens with one attached hydrogen (secondary N) is 1. The van der Waals surface area contributed by atoms with Crippen LogP contribution in [0.4, 0.5) is 0 Å². The van der Waals surface area contributed by atoms with Gasteiger partial charge in [-0.1, -0.05) is 12.1 Å². The molecule has 1 heterocycles. The van der Waals surface area contributed by atoms with Gasteiger partial charge in [-0.2, -0.15) is 0 Å². The fraction of sp³-hybridized carbons (Fsp3) is 0.412. The molecule has 1 aliphatic rings. The van der Waals surface area contributed by atoms with E-state index in [0.29, 0.717) is 23.1 Å². The van der Waals surface area contributed by atoms with Crippen molar-refractivity contribution in [3.63, 3.8) is 0 Å². The normalized spacial score (nSPS) is 19.5. The Morgan fingerprint density at radius 2 is 2.04 bits per heavy atom. The Kier molecular flexibility index (Phi) is 4.09. The van der Waals surface area contributed by atoms with Crippen molar-refractivity contribution in [3.05, 3.63) is 40.4 Å². The standard InChI is InChI=1S/C17H19N3O4/c1-9(2)20(16(22)11-7-12(11)17(23)24)8-14-18-13-6-4-3-5-10(13)15(21)19-14/h3-6,9,11-12H,7-8H2,1-2H3,(H,23,24)(H,18,19,21)/t11-,12+/m1/s1. The van der Waals surface area contributed by atoms with Crippen molar-refractivity contribution in [1.29, 1.82) is 0 Å². The molecule has 0 bridgehead atoms. The monoisotopic (exact) mass is 329 g/mol. The maximum Gasteiger partial charge on any atom is 0.307 e. The average molecular weight is 329 g/mol. The summed E-state index contributed by atoms with van der Waals surface area (Å²) in [6, 6.07) is 6.88. The van der Waals surface area contributed by atoms with Crippen molar-refractivity contribution in [2.45, 2.75) is 32.9 Å². The first-order chi connectivity index (χ1) is 11.4. The van der Waals surface area contributed by atoms with Crippen LogP contribution in [0.3, 0.4) is 0 Å². The maximum absolute atomic E-state index is 12.6. The van der Waals surface area contributed by atoms with Gasteiger partial charge in [0.15, 0.2) is 0 Å². The van der Waals surface area contributed by atoms with Gasteiger partial charge in [0.05, 0.1) is 29.3 Å². The van der Waals surface area contributed by atoms with Gasteiger partial charge < -0.3 is 15.0 Å². The largest absolute Gasteiger partial charge is 0.481 e. The molecule has 24 heavy (non-hydrogen) atoms. The Bertz CT molecular complexity index is 858. The van der Waals surface area contributed by atoms with Crippen LogP contribution in [0.25, 0.3) is 10.9 Å². The summed E-state index contributed by atoms with van der Waals surface area (Å²) < 4.78 is 0. The van der Waals surface area contributed by atoms with Gasteiger partial charge in [0.25, 0.3) is 5.56 Å². The summed E-state index contributed by atoms with van der Waals surface area (Å²) in [7, 11) is 0. The summed E-state index contributed by atoms with van der Waals surface area (Å²) in [5.41, 5.74) is 0.323. The van der Waals surface area contributed by atoms with E-state index >= 15 is 0 Å². The van der Waals surface area contributed by atoms with E-state index in [1.807, 2.05) is 13.8 Å². The zero-order valence-electron chi connectivity index (χ0n) is 13.5. The van der Waals surface area contributed by atoms with E-state index in [9.17, 15) is 14.4 Å². The second-order valence-electron chi connectivity index (χ2n) is 6.38. The molecule has 1 aliphatic carbocycles. The van der Waals surface area contributed by atoms with Crippen molar-refractivity contribution in [2.75, 3.05) is 0 Å². The lowest BCUT2D eigenvalue weighted by molar-refractivity contribution is -0.142. The Labute approximate surface area is 138 Å². The van der Waals surface area contributed by atoms with E-state index in [1.165, 1.54) is 0 Å². The van der Waals surface area contributed by atoms with Crippen LogP contribution in [0.1, 0.15) is 26.1 Å². The Balaban J connectivity index is 1.85. The summed E-state index contributed by atoms with van der Waals surface area (Å²) in [4.78, 5) is 44.4. The van der Waals surface area contributed by atoms with Crippen LogP contribution < -0.4 is 5.56 Å². The molecular formula is C17H19N3O4. The summed E-state index contributed by atoms with van der Waals surface area (Å²) in [5, 5.41) is 9.50. The number of aromatic nitrogens is 2. The molecule has 0 unspecified atom stereocenters. The molecule has 7 heteroatoms. The van der Waals surface area contributed by atoms with Gasteiger partial charge in [-0.05, 0) is 32.4 Å². The maximum atomic E-state index is 12.6. The van der Waals surface area contributed by atoms with E-state index in [-0.39, 0.29) is 24.1 Å². The topological polar surface area (TPSA) is 103 Å². The summed E-state index contributed by atoms with van der Waals surface area (Å²) >= 11 is 0. The number of aromatic amines is 1. The van der Waals surface area contributed by atoms with Gasteiger partial charge in [-0.15, -0.1) is 0 Å². The number of hydrogen-bond donors (Lipinski definition) is 2. The van der Waals surface area contributed by atoms with Crippen LogP contribution in [0.2, 0.25) is 0 Å². The van der Waals surface area contributed by atoms with Crippen LogP contribution >= 0.6 is 0 Å². The van der Waals surface area contributed by atoms with Crippen LogP contribution in [0.15, 0.2) is 29.1 Å². The van der Waals surface area contributed by atoms with Gasteiger partial charge in [-0.25, -0.2) is 4.98 Å². The molecule has 2 N–H and O–H groups in total. The van der Waals surface area contributed by atoms with Gasteiger partial charge in [0, 0.05) is 6.04 Å². The number of hydrogen-bond acceptors (Lipinski definition) is 4. The second kappa shape index (κ2) is 6.07. The number of carbonyl (C=O) groups excluding carboxylic acids is 1. The number of amides is 1. The molecule has 1 saturated carbocycles. The summed E-state index contributed by atoms with van der Waals surface area (Å²) in [6.45, 7) is 3.86. The number of H-pyrrole nitrogens is 1. The first-order valence-corrected chi connectivity index (χ1v) is 7.89. The quantitative estimate of drug-likeness (QED) is 0.862. The fourth-order valence-electron chi connectivity index (χ4n) is 2.84. The molecule has 0 saturated heterocycles. The molecule has 3 rings (SSSR count). The van der Waals surface area contributed by atoms with Gasteiger partial charge in [0.1, 0.15) is 5.82 Å². The molecule has 1 aromatic heterocycles. The number of benzene rings is 1. The molecule has 0 spiro atoms. The van der Waals surface area contributed by atoms with E-state index in [4.69, 9.17) is 5.11 Å². The molecule has 0 aliphatic heterocycles. The van der Waals surface area contributed by atoms with Crippen molar-refractivity contribution >= 4 is 22.8 Å².